The van der Waals surface area contributed by atoms with Crippen LogP contribution in [-0.4, -0.2) is 12.6 Å². The lowest BCUT2D eigenvalue weighted by molar-refractivity contribution is 0.399. The molecule has 1 aromatic carbocycles. The molecule has 0 radical (unpaired) electrons. The Morgan fingerprint density at radius 2 is 2.33 bits per heavy atom. The molecule has 1 aliphatic rings. The van der Waals surface area contributed by atoms with Gasteiger partial charge in [-0.05, 0) is 50.4 Å². The number of halogens is 2. The number of piperidine rings is 1. The van der Waals surface area contributed by atoms with E-state index in [-0.39, 0.29) is 5.82 Å². The van der Waals surface area contributed by atoms with Gasteiger partial charge in [-0.1, -0.05) is 35.7 Å². The summed E-state index contributed by atoms with van der Waals surface area (Å²) in [6.45, 7) is 3.23. The van der Waals surface area contributed by atoms with Gasteiger partial charge in [0, 0.05) is 6.04 Å². The van der Waals surface area contributed by atoms with Gasteiger partial charge < -0.3 is 5.32 Å². The number of benzene rings is 1. The average Bonchev–Trinajstić information content (AvgIpc) is 2.34. The third-order valence-electron chi connectivity index (χ3n) is 3.35. The van der Waals surface area contributed by atoms with Crippen LogP contribution >= 0.6 is 11.6 Å². The lowest BCUT2D eigenvalue weighted by Crippen LogP contribution is -2.33. The first kappa shape index (κ1) is 13.6. The van der Waals surface area contributed by atoms with Gasteiger partial charge in [-0.15, -0.1) is 0 Å². The predicted molar refractivity (Wildman–Crippen MR) is 75.3 cm³/mol. The Hall–Kier alpha value is -0.860. The maximum absolute atomic E-state index is 12.9. The Balaban J connectivity index is 2.02. The van der Waals surface area contributed by atoms with E-state index in [2.05, 4.69) is 18.3 Å². The van der Waals surface area contributed by atoms with E-state index in [1.165, 1.54) is 37.0 Å². The van der Waals surface area contributed by atoms with Gasteiger partial charge in [0.15, 0.2) is 0 Å². The van der Waals surface area contributed by atoms with Gasteiger partial charge >= 0.3 is 0 Å². The largest absolute Gasteiger partial charge is 0.314 e. The fraction of sp³-hybridized carbons (Fsp3) is 0.467. The highest BCUT2D eigenvalue weighted by molar-refractivity contribution is 6.32. The van der Waals surface area contributed by atoms with Crippen LogP contribution in [0.2, 0.25) is 5.02 Å². The number of hydrogen-bond acceptors (Lipinski definition) is 1. The van der Waals surface area contributed by atoms with Crippen molar-refractivity contribution in [3.05, 3.63) is 40.2 Å². The maximum Gasteiger partial charge on any atom is 0.124 e. The summed E-state index contributed by atoms with van der Waals surface area (Å²) < 4.78 is 12.9. The summed E-state index contributed by atoms with van der Waals surface area (Å²) in [5, 5.41) is 4.00. The van der Waals surface area contributed by atoms with Crippen molar-refractivity contribution in [1.82, 2.24) is 5.32 Å². The van der Waals surface area contributed by atoms with Gasteiger partial charge in [-0.3, -0.25) is 0 Å². The molecule has 1 aromatic rings. The van der Waals surface area contributed by atoms with E-state index in [1.807, 2.05) is 0 Å². The van der Waals surface area contributed by atoms with Crippen molar-refractivity contribution in [2.45, 2.75) is 38.6 Å². The molecule has 0 aliphatic carbocycles. The first-order chi connectivity index (χ1) is 8.65. The zero-order valence-electron chi connectivity index (χ0n) is 10.7. The molecule has 18 heavy (non-hydrogen) atoms. The van der Waals surface area contributed by atoms with Crippen LogP contribution in [0.4, 0.5) is 4.39 Å². The van der Waals surface area contributed by atoms with E-state index in [0.29, 0.717) is 11.1 Å². The van der Waals surface area contributed by atoms with Crippen molar-refractivity contribution >= 4 is 17.7 Å². The van der Waals surface area contributed by atoms with Gasteiger partial charge in [0.25, 0.3) is 0 Å². The Morgan fingerprint density at radius 1 is 1.50 bits per heavy atom. The molecule has 1 saturated heterocycles. The smallest absolute Gasteiger partial charge is 0.124 e. The van der Waals surface area contributed by atoms with Crippen molar-refractivity contribution in [3.63, 3.8) is 0 Å². The van der Waals surface area contributed by atoms with E-state index in [9.17, 15) is 4.39 Å². The van der Waals surface area contributed by atoms with Crippen LogP contribution in [-0.2, 0) is 0 Å². The Labute approximate surface area is 113 Å². The highest BCUT2D eigenvalue weighted by atomic mass is 35.5. The molecule has 2 rings (SSSR count). The van der Waals surface area contributed by atoms with Crippen LogP contribution in [0.3, 0.4) is 0 Å². The zero-order chi connectivity index (χ0) is 13.0. The van der Waals surface area contributed by atoms with E-state index >= 15 is 0 Å². The molecule has 1 fully saturated rings. The molecule has 1 heterocycles. The third kappa shape index (κ3) is 3.82. The van der Waals surface area contributed by atoms with E-state index in [1.54, 1.807) is 6.07 Å². The van der Waals surface area contributed by atoms with Gasteiger partial charge in [0.1, 0.15) is 5.82 Å². The minimum Gasteiger partial charge on any atom is -0.314 e. The monoisotopic (exact) mass is 267 g/mol. The molecule has 1 N–H and O–H groups in total. The molecule has 1 nitrogen and oxygen atoms in total. The Kier molecular flexibility index (Phi) is 4.79. The summed E-state index contributed by atoms with van der Waals surface area (Å²) in [4.78, 5) is 0. The second-order valence-corrected chi connectivity index (χ2v) is 5.41. The number of hydrogen-bond donors (Lipinski definition) is 1. The third-order valence-corrected chi connectivity index (χ3v) is 3.67. The molecule has 0 spiro atoms. The molecule has 98 valence electrons. The van der Waals surface area contributed by atoms with Gasteiger partial charge in [0.05, 0.1) is 5.02 Å². The first-order valence-electron chi connectivity index (χ1n) is 6.51. The van der Waals surface area contributed by atoms with Crippen LogP contribution in [0, 0.1) is 5.82 Å². The summed E-state index contributed by atoms with van der Waals surface area (Å²) in [5.74, 6) is -0.288. The molecule has 0 saturated carbocycles. The SMILES string of the molecule is C/C(=C/c1ccc(F)cc1Cl)CC1CCCCN1. The fourth-order valence-electron chi connectivity index (χ4n) is 2.43. The van der Waals surface area contributed by atoms with Gasteiger partial charge in [0.2, 0.25) is 0 Å². The second-order valence-electron chi connectivity index (χ2n) is 5.01. The quantitative estimate of drug-likeness (QED) is 0.855. The van der Waals surface area contributed by atoms with Crippen LogP contribution < -0.4 is 5.32 Å². The second kappa shape index (κ2) is 6.35. The summed E-state index contributed by atoms with van der Waals surface area (Å²) in [6, 6.07) is 5.12. The highest BCUT2D eigenvalue weighted by Gasteiger charge is 2.12. The van der Waals surface area contributed by atoms with Crippen molar-refractivity contribution in [1.29, 1.82) is 0 Å². The lowest BCUT2D eigenvalue weighted by Gasteiger charge is -2.23. The Bertz CT molecular complexity index is 436. The highest BCUT2D eigenvalue weighted by Crippen LogP contribution is 2.22. The molecule has 0 amide bonds. The molecule has 0 aromatic heterocycles. The van der Waals surface area contributed by atoms with Crippen LogP contribution in [0.5, 0.6) is 0 Å². The summed E-state index contributed by atoms with van der Waals surface area (Å²) in [5.41, 5.74) is 2.18. The molecule has 0 bridgehead atoms. The van der Waals surface area contributed by atoms with Crippen LogP contribution in [0.25, 0.3) is 6.08 Å². The maximum atomic E-state index is 12.9. The standard InChI is InChI=1S/C15H19ClFN/c1-11(9-14-4-2-3-7-18-14)8-12-5-6-13(17)10-15(12)16/h5-6,8,10,14,18H,2-4,7,9H2,1H3/b11-8-. The zero-order valence-corrected chi connectivity index (χ0v) is 11.4. The minimum atomic E-state index is -0.288. The van der Waals surface area contributed by atoms with Crippen molar-refractivity contribution in [2.24, 2.45) is 0 Å². The minimum absolute atomic E-state index is 0.288. The summed E-state index contributed by atoms with van der Waals surface area (Å²) in [6.07, 6.45) is 6.92. The first-order valence-corrected chi connectivity index (χ1v) is 6.88. The summed E-state index contributed by atoms with van der Waals surface area (Å²) in [7, 11) is 0. The topological polar surface area (TPSA) is 12.0 Å². The van der Waals surface area contributed by atoms with E-state index in [4.69, 9.17) is 11.6 Å². The molecular weight excluding hydrogens is 249 g/mol. The normalized spacial score (nSPS) is 21.1. The number of rotatable bonds is 3. The van der Waals surface area contributed by atoms with Crippen molar-refractivity contribution in [2.75, 3.05) is 6.54 Å². The molecule has 1 aliphatic heterocycles. The lowest BCUT2D eigenvalue weighted by atomic mass is 9.97. The summed E-state index contributed by atoms with van der Waals surface area (Å²) >= 11 is 6.02. The molecular formula is C15H19ClFN. The van der Waals surface area contributed by atoms with E-state index in [0.717, 1.165) is 18.5 Å². The van der Waals surface area contributed by atoms with Crippen LogP contribution in [0.15, 0.2) is 23.8 Å². The predicted octanol–water partition coefficient (Wildman–Crippen LogP) is 4.41. The van der Waals surface area contributed by atoms with Crippen molar-refractivity contribution < 1.29 is 4.39 Å². The van der Waals surface area contributed by atoms with E-state index < -0.39 is 0 Å². The average molecular weight is 268 g/mol. The fourth-order valence-corrected chi connectivity index (χ4v) is 2.65. The Morgan fingerprint density at radius 3 is 3.00 bits per heavy atom. The molecule has 1 unspecified atom stereocenters. The van der Waals surface area contributed by atoms with Gasteiger partial charge in [-0.25, -0.2) is 4.39 Å². The number of nitrogens with one attached hydrogen (secondary N) is 1. The van der Waals surface area contributed by atoms with Crippen molar-refractivity contribution in [3.8, 4) is 0 Å². The molecule has 3 heteroatoms. The van der Waals surface area contributed by atoms with Crippen LogP contribution in [0.1, 0.15) is 38.2 Å². The molecule has 1 atom stereocenters. The van der Waals surface area contributed by atoms with Gasteiger partial charge in [-0.2, -0.15) is 0 Å².